The maximum atomic E-state index is 12.8. The largest absolute Gasteiger partial charge is 0.457 e. The molecule has 0 fully saturated rings. The lowest BCUT2D eigenvalue weighted by atomic mass is 10.1. The second-order valence-corrected chi connectivity index (χ2v) is 7.67. The number of alkyl halides is 3. The molecule has 0 atom stereocenters. The topological polar surface area (TPSA) is 38.3 Å². The fourth-order valence-electron chi connectivity index (χ4n) is 3.57. The molecular formula is C27H22F3NO2. The Labute approximate surface area is 189 Å². The first kappa shape index (κ1) is 22.4. The van der Waals surface area contributed by atoms with Crippen LogP contribution in [0.5, 0.6) is 11.5 Å². The van der Waals surface area contributed by atoms with E-state index in [1.807, 2.05) is 18.2 Å². The molecule has 0 heterocycles. The van der Waals surface area contributed by atoms with Crippen molar-refractivity contribution in [3.63, 3.8) is 0 Å². The minimum atomic E-state index is -4.40. The lowest BCUT2D eigenvalue weighted by Gasteiger charge is -2.12. The third kappa shape index (κ3) is 5.34. The van der Waals surface area contributed by atoms with Crippen LogP contribution in [0.1, 0.15) is 34.0 Å². The van der Waals surface area contributed by atoms with Gasteiger partial charge in [0.05, 0.1) is 5.56 Å². The molecule has 0 radical (unpaired) electrons. The summed E-state index contributed by atoms with van der Waals surface area (Å²) in [5, 5.41) is 4.49. The van der Waals surface area contributed by atoms with Crippen LogP contribution in [0, 0.1) is 0 Å². The van der Waals surface area contributed by atoms with E-state index in [1.165, 1.54) is 17.7 Å². The van der Waals surface area contributed by atoms with E-state index >= 15 is 0 Å². The predicted octanol–water partition coefficient (Wildman–Crippen LogP) is 7.14. The number of benzene rings is 4. The standard InChI is InChI=1S/C27H22F3NO2/c1-2-18-5-3-6-19(15-18)17-31-26(32)21-9-14-24-20(16-21)7-4-8-25(24)33-23-12-10-22(11-13-23)27(28,29)30/h3-16H,2,17H2,1H3,(H,31,32). The molecule has 0 aromatic heterocycles. The number of hydrogen-bond acceptors (Lipinski definition) is 2. The lowest BCUT2D eigenvalue weighted by molar-refractivity contribution is -0.137. The molecule has 0 aliphatic rings. The van der Waals surface area contributed by atoms with Crippen LogP contribution in [-0.2, 0) is 19.1 Å². The zero-order chi connectivity index (χ0) is 23.4. The summed E-state index contributed by atoms with van der Waals surface area (Å²) >= 11 is 0. The predicted molar refractivity (Wildman–Crippen MR) is 122 cm³/mol. The van der Waals surface area contributed by atoms with Gasteiger partial charge in [-0.1, -0.05) is 43.3 Å². The Morgan fingerprint density at radius 1 is 0.879 bits per heavy atom. The minimum absolute atomic E-state index is 0.187. The van der Waals surface area contributed by atoms with Gasteiger partial charge in [-0.2, -0.15) is 13.2 Å². The normalized spacial score (nSPS) is 11.4. The van der Waals surface area contributed by atoms with Crippen molar-refractivity contribution in [1.29, 1.82) is 0 Å². The Hall–Kier alpha value is -3.80. The highest BCUT2D eigenvalue weighted by molar-refractivity contribution is 5.99. The first-order chi connectivity index (χ1) is 15.8. The molecule has 4 aromatic rings. The van der Waals surface area contributed by atoms with Gasteiger partial charge in [0, 0.05) is 17.5 Å². The fraction of sp³-hybridized carbons (Fsp3) is 0.148. The zero-order valence-corrected chi connectivity index (χ0v) is 17.9. The highest BCUT2D eigenvalue weighted by Gasteiger charge is 2.30. The summed E-state index contributed by atoms with van der Waals surface area (Å²) in [6.07, 6.45) is -3.46. The Morgan fingerprint density at radius 3 is 2.33 bits per heavy atom. The molecule has 4 rings (SSSR count). The minimum Gasteiger partial charge on any atom is -0.457 e. The number of nitrogens with one attached hydrogen (secondary N) is 1. The van der Waals surface area contributed by atoms with Gasteiger partial charge in [-0.25, -0.2) is 0 Å². The third-order valence-corrected chi connectivity index (χ3v) is 5.36. The van der Waals surface area contributed by atoms with Crippen molar-refractivity contribution in [2.45, 2.75) is 26.1 Å². The molecule has 33 heavy (non-hydrogen) atoms. The van der Waals surface area contributed by atoms with E-state index in [2.05, 4.69) is 24.4 Å². The van der Waals surface area contributed by atoms with Gasteiger partial charge in [0.1, 0.15) is 11.5 Å². The summed E-state index contributed by atoms with van der Waals surface area (Å²) in [5.74, 6) is 0.607. The number of carbonyl (C=O) groups is 1. The van der Waals surface area contributed by atoms with Gasteiger partial charge in [0.25, 0.3) is 5.91 Å². The number of aryl methyl sites for hydroxylation is 1. The fourth-order valence-corrected chi connectivity index (χ4v) is 3.57. The number of hydrogen-bond donors (Lipinski definition) is 1. The summed E-state index contributed by atoms with van der Waals surface area (Å²) in [5.41, 5.74) is 2.04. The van der Waals surface area contributed by atoms with E-state index in [0.717, 1.165) is 34.9 Å². The smallest absolute Gasteiger partial charge is 0.416 e. The molecule has 0 saturated heterocycles. The van der Waals surface area contributed by atoms with Crippen molar-refractivity contribution in [3.8, 4) is 11.5 Å². The highest BCUT2D eigenvalue weighted by atomic mass is 19.4. The lowest BCUT2D eigenvalue weighted by Crippen LogP contribution is -2.22. The summed E-state index contributed by atoms with van der Waals surface area (Å²) in [4.78, 5) is 12.7. The van der Waals surface area contributed by atoms with E-state index in [0.29, 0.717) is 23.6 Å². The summed E-state index contributed by atoms with van der Waals surface area (Å²) in [6, 6.07) is 23.3. The van der Waals surface area contributed by atoms with E-state index in [4.69, 9.17) is 4.74 Å². The number of fused-ring (bicyclic) bond motifs is 1. The van der Waals surface area contributed by atoms with Gasteiger partial charge in [0.15, 0.2) is 0 Å². The number of carbonyl (C=O) groups excluding carboxylic acids is 1. The van der Waals surface area contributed by atoms with Crippen molar-refractivity contribution in [2.24, 2.45) is 0 Å². The second kappa shape index (κ2) is 9.36. The van der Waals surface area contributed by atoms with Crippen LogP contribution in [0.15, 0.2) is 84.9 Å². The average Bonchev–Trinajstić information content (AvgIpc) is 2.82. The molecule has 3 nitrogen and oxygen atoms in total. The van der Waals surface area contributed by atoms with Crippen molar-refractivity contribution in [2.75, 3.05) is 0 Å². The monoisotopic (exact) mass is 449 g/mol. The maximum absolute atomic E-state index is 12.8. The summed E-state index contributed by atoms with van der Waals surface area (Å²) in [7, 11) is 0. The average molecular weight is 449 g/mol. The first-order valence-electron chi connectivity index (χ1n) is 10.6. The first-order valence-corrected chi connectivity index (χ1v) is 10.6. The van der Waals surface area contributed by atoms with Gasteiger partial charge in [0.2, 0.25) is 0 Å². The zero-order valence-electron chi connectivity index (χ0n) is 17.9. The molecule has 0 aliphatic heterocycles. The third-order valence-electron chi connectivity index (χ3n) is 5.36. The number of amides is 1. The van der Waals surface area contributed by atoms with Crippen LogP contribution in [-0.4, -0.2) is 5.91 Å². The molecule has 168 valence electrons. The summed E-state index contributed by atoms with van der Waals surface area (Å²) < 4.78 is 44.1. The van der Waals surface area contributed by atoms with Crippen molar-refractivity contribution in [1.82, 2.24) is 5.32 Å². The van der Waals surface area contributed by atoms with Crippen LogP contribution in [0.3, 0.4) is 0 Å². The van der Waals surface area contributed by atoms with Gasteiger partial charge in [-0.05, 0) is 71.5 Å². The molecule has 4 aromatic carbocycles. The van der Waals surface area contributed by atoms with E-state index < -0.39 is 11.7 Å². The molecule has 0 unspecified atom stereocenters. The van der Waals surface area contributed by atoms with Crippen LogP contribution >= 0.6 is 0 Å². The Balaban J connectivity index is 1.50. The Bertz CT molecular complexity index is 1280. The van der Waals surface area contributed by atoms with Crippen molar-refractivity contribution in [3.05, 3.63) is 107 Å². The highest BCUT2D eigenvalue weighted by Crippen LogP contribution is 2.33. The van der Waals surface area contributed by atoms with Crippen LogP contribution in [0.4, 0.5) is 13.2 Å². The second-order valence-electron chi connectivity index (χ2n) is 7.67. The van der Waals surface area contributed by atoms with Gasteiger partial charge < -0.3 is 10.1 Å². The number of ether oxygens (including phenoxy) is 1. The van der Waals surface area contributed by atoms with Gasteiger partial charge >= 0.3 is 6.18 Å². The molecule has 0 aliphatic carbocycles. The molecular weight excluding hydrogens is 427 g/mol. The maximum Gasteiger partial charge on any atom is 0.416 e. The van der Waals surface area contributed by atoms with Gasteiger partial charge in [-0.3, -0.25) is 4.79 Å². The quantitative estimate of drug-likeness (QED) is 0.340. The van der Waals surface area contributed by atoms with E-state index in [-0.39, 0.29) is 5.91 Å². The molecule has 6 heteroatoms. The SMILES string of the molecule is CCc1cccc(CNC(=O)c2ccc3c(Oc4ccc(C(F)(F)F)cc4)cccc3c2)c1. The van der Waals surface area contributed by atoms with Crippen molar-refractivity contribution < 1.29 is 22.7 Å². The van der Waals surface area contributed by atoms with E-state index in [9.17, 15) is 18.0 Å². The molecule has 0 bridgehead atoms. The van der Waals surface area contributed by atoms with E-state index in [1.54, 1.807) is 30.3 Å². The molecule has 1 amide bonds. The molecule has 1 N–H and O–H groups in total. The Kier molecular flexibility index (Phi) is 6.36. The summed E-state index contributed by atoms with van der Waals surface area (Å²) in [6.45, 7) is 2.52. The van der Waals surface area contributed by atoms with Crippen LogP contribution in [0.2, 0.25) is 0 Å². The van der Waals surface area contributed by atoms with Crippen molar-refractivity contribution >= 4 is 16.7 Å². The molecule has 0 spiro atoms. The number of halogens is 3. The van der Waals surface area contributed by atoms with Crippen LogP contribution in [0.25, 0.3) is 10.8 Å². The van der Waals surface area contributed by atoms with Gasteiger partial charge in [-0.15, -0.1) is 0 Å². The molecule has 0 saturated carbocycles. The van der Waals surface area contributed by atoms with Crippen LogP contribution < -0.4 is 10.1 Å². The number of rotatable bonds is 6. The Morgan fingerprint density at radius 2 is 1.61 bits per heavy atom.